The van der Waals surface area contributed by atoms with E-state index in [-0.39, 0.29) is 23.4 Å². The highest BCUT2D eigenvalue weighted by Crippen LogP contribution is 2.19. The number of nitrogens with one attached hydrogen (secondary N) is 2. The summed E-state index contributed by atoms with van der Waals surface area (Å²) in [6, 6.07) is 6.20. The number of nitrogens with zero attached hydrogens (tertiary/aromatic N) is 1. The number of nitriles is 1. The number of amides is 1. The summed E-state index contributed by atoms with van der Waals surface area (Å²) < 4.78 is 13.0. The van der Waals surface area contributed by atoms with E-state index in [4.69, 9.17) is 16.9 Å². The molecular formula is C14H17ClFN3O. The number of carbonyl (C=O) groups is 1. The lowest BCUT2D eigenvalue weighted by atomic mass is 9.90. The smallest absolute Gasteiger partial charge is 0.240 e. The molecule has 0 heterocycles. The molecule has 108 valence electrons. The number of hydrogen-bond acceptors (Lipinski definition) is 3. The summed E-state index contributed by atoms with van der Waals surface area (Å²) in [4.78, 5) is 11.8. The molecule has 20 heavy (non-hydrogen) atoms. The van der Waals surface area contributed by atoms with Gasteiger partial charge in [-0.1, -0.05) is 25.4 Å². The molecule has 1 rings (SSSR count). The SMILES string of the molecule is CC(C)C(C)(C#N)NC(=O)CNc1ccc(F)c(Cl)c1. The van der Waals surface area contributed by atoms with Gasteiger partial charge in [0.2, 0.25) is 5.91 Å². The molecule has 0 aliphatic heterocycles. The third kappa shape index (κ3) is 4.10. The number of carbonyl (C=O) groups excluding carboxylic acids is 1. The monoisotopic (exact) mass is 297 g/mol. The highest BCUT2D eigenvalue weighted by atomic mass is 35.5. The quantitative estimate of drug-likeness (QED) is 0.878. The van der Waals surface area contributed by atoms with Gasteiger partial charge >= 0.3 is 0 Å². The number of anilines is 1. The molecule has 0 fully saturated rings. The number of benzene rings is 1. The van der Waals surface area contributed by atoms with E-state index in [0.29, 0.717) is 5.69 Å². The van der Waals surface area contributed by atoms with Crippen molar-refractivity contribution in [2.45, 2.75) is 26.3 Å². The van der Waals surface area contributed by atoms with Gasteiger partial charge in [0, 0.05) is 5.69 Å². The Morgan fingerprint density at radius 2 is 2.20 bits per heavy atom. The predicted octanol–water partition coefficient (Wildman–Crippen LogP) is 2.95. The van der Waals surface area contributed by atoms with E-state index in [1.165, 1.54) is 18.2 Å². The van der Waals surface area contributed by atoms with Crippen LogP contribution in [0.3, 0.4) is 0 Å². The third-order valence-electron chi connectivity index (χ3n) is 3.16. The van der Waals surface area contributed by atoms with Crippen LogP contribution in [0.5, 0.6) is 0 Å². The van der Waals surface area contributed by atoms with Gasteiger partial charge in [-0.25, -0.2) is 4.39 Å². The Hall–Kier alpha value is -1.80. The number of halogens is 2. The molecule has 1 amide bonds. The Morgan fingerprint density at radius 1 is 1.55 bits per heavy atom. The Balaban J connectivity index is 2.60. The summed E-state index contributed by atoms with van der Waals surface area (Å²) in [7, 11) is 0. The highest BCUT2D eigenvalue weighted by Gasteiger charge is 2.29. The molecule has 0 aliphatic carbocycles. The van der Waals surface area contributed by atoms with Gasteiger partial charge < -0.3 is 10.6 Å². The molecule has 2 N–H and O–H groups in total. The Morgan fingerprint density at radius 3 is 2.70 bits per heavy atom. The van der Waals surface area contributed by atoms with E-state index >= 15 is 0 Å². The zero-order valence-electron chi connectivity index (χ0n) is 11.6. The molecule has 1 unspecified atom stereocenters. The van der Waals surface area contributed by atoms with Crippen molar-refractivity contribution in [3.05, 3.63) is 29.0 Å². The first kappa shape index (κ1) is 16.3. The molecule has 1 atom stereocenters. The first-order valence-corrected chi connectivity index (χ1v) is 6.57. The maximum absolute atomic E-state index is 13.0. The van der Waals surface area contributed by atoms with E-state index in [1.807, 2.05) is 13.8 Å². The van der Waals surface area contributed by atoms with Crippen molar-refractivity contribution < 1.29 is 9.18 Å². The van der Waals surface area contributed by atoms with Crippen molar-refractivity contribution in [2.75, 3.05) is 11.9 Å². The fraction of sp³-hybridized carbons (Fsp3) is 0.429. The van der Waals surface area contributed by atoms with Crippen LogP contribution in [0.2, 0.25) is 5.02 Å². The zero-order valence-corrected chi connectivity index (χ0v) is 12.4. The van der Waals surface area contributed by atoms with Gasteiger partial charge in [0.25, 0.3) is 0 Å². The fourth-order valence-corrected chi connectivity index (χ4v) is 1.60. The molecule has 1 aromatic carbocycles. The minimum atomic E-state index is -0.917. The summed E-state index contributed by atoms with van der Waals surface area (Å²) in [6.45, 7) is 5.36. The van der Waals surface area contributed by atoms with E-state index in [9.17, 15) is 9.18 Å². The lowest BCUT2D eigenvalue weighted by Crippen LogP contribution is -2.50. The summed E-state index contributed by atoms with van der Waals surface area (Å²) >= 11 is 5.64. The van der Waals surface area contributed by atoms with Gasteiger partial charge in [0.15, 0.2) is 0 Å². The van der Waals surface area contributed by atoms with E-state index in [2.05, 4.69) is 16.7 Å². The second-order valence-electron chi connectivity index (χ2n) is 5.00. The van der Waals surface area contributed by atoms with Crippen molar-refractivity contribution in [3.8, 4) is 6.07 Å². The zero-order chi connectivity index (χ0) is 15.3. The van der Waals surface area contributed by atoms with Crippen LogP contribution in [0, 0.1) is 23.1 Å². The van der Waals surface area contributed by atoms with Crippen LogP contribution >= 0.6 is 11.6 Å². The van der Waals surface area contributed by atoms with Crippen LogP contribution in [0.4, 0.5) is 10.1 Å². The van der Waals surface area contributed by atoms with Crippen LogP contribution in [0.25, 0.3) is 0 Å². The van der Waals surface area contributed by atoms with E-state index < -0.39 is 11.4 Å². The normalized spacial score (nSPS) is 13.4. The molecule has 0 saturated heterocycles. The lowest BCUT2D eigenvalue weighted by Gasteiger charge is -2.27. The Kier molecular flexibility index (Phi) is 5.34. The summed E-state index contributed by atoms with van der Waals surface area (Å²) in [6.07, 6.45) is 0. The number of rotatable bonds is 5. The van der Waals surface area contributed by atoms with Gasteiger partial charge in [0.1, 0.15) is 11.4 Å². The molecule has 0 spiro atoms. The summed E-state index contributed by atoms with van der Waals surface area (Å²) in [5.41, 5.74) is -0.381. The predicted molar refractivity (Wildman–Crippen MR) is 76.9 cm³/mol. The number of hydrogen-bond donors (Lipinski definition) is 2. The van der Waals surface area contributed by atoms with E-state index in [1.54, 1.807) is 6.92 Å². The minimum absolute atomic E-state index is 0.0144. The Bertz CT molecular complexity index is 542. The minimum Gasteiger partial charge on any atom is -0.376 e. The molecule has 0 aliphatic rings. The maximum atomic E-state index is 13.0. The molecule has 0 saturated carbocycles. The molecule has 0 aromatic heterocycles. The molecule has 0 radical (unpaired) electrons. The van der Waals surface area contributed by atoms with Crippen molar-refractivity contribution >= 4 is 23.2 Å². The van der Waals surface area contributed by atoms with Crippen molar-refractivity contribution in [2.24, 2.45) is 5.92 Å². The van der Waals surface area contributed by atoms with Gasteiger partial charge in [-0.3, -0.25) is 4.79 Å². The van der Waals surface area contributed by atoms with Gasteiger partial charge in [-0.2, -0.15) is 5.26 Å². The van der Waals surface area contributed by atoms with Crippen LogP contribution in [0.1, 0.15) is 20.8 Å². The van der Waals surface area contributed by atoms with Crippen LogP contribution < -0.4 is 10.6 Å². The fourth-order valence-electron chi connectivity index (χ4n) is 1.42. The molecule has 1 aromatic rings. The van der Waals surface area contributed by atoms with Crippen molar-refractivity contribution in [3.63, 3.8) is 0 Å². The topological polar surface area (TPSA) is 64.9 Å². The standard InChI is InChI=1S/C14H17ClFN3O/c1-9(2)14(3,8-17)19-13(20)7-18-10-4-5-12(16)11(15)6-10/h4-6,9,18H,7H2,1-3H3,(H,19,20). The van der Waals surface area contributed by atoms with Gasteiger partial charge in [-0.05, 0) is 31.0 Å². The average Bonchev–Trinajstić information content (AvgIpc) is 2.39. The molecule has 4 nitrogen and oxygen atoms in total. The van der Waals surface area contributed by atoms with Crippen molar-refractivity contribution in [1.29, 1.82) is 5.26 Å². The molecule has 6 heteroatoms. The lowest BCUT2D eigenvalue weighted by molar-refractivity contribution is -0.121. The second-order valence-corrected chi connectivity index (χ2v) is 5.41. The molecule has 0 bridgehead atoms. The summed E-state index contributed by atoms with van der Waals surface area (Å²) in [5, 5.41) is 14.6. The van der Waals surface area contributed by atoms with Crippen LogP contribution in [-0.4, -0.2) is 18.0 Å². The van der Waals surface area contributed by atoms with Crippen LogP contribution in [-0.2, 0) is 4.79 Å². The van der Waals surface area contributed by atoms with E-state index in [0.717, 1.165) is 0 Å². The van der Waals surface area contributed by atoms with Crippen molar-refractivity contribution in [1.82, 2.24) is 5.32 Å². The summed E-state index contributed by atoms with van der Waals surface area (Å²) in [5.74, 6) is -0.849. The first-order chi connectivity index (χ1) is 9.28. The largest absolute Gasteiger partial charge is 0.376 e. The van der Waals surface area contributed by atoms with Gasteiger partial charge in [-0.15, -0.1) is 0 Å². The Labute approximate surface area is 122 Å². The van der Waals surface area contributed by atoms with Gasteiger partial charge in [0.05, 0.1) is 17.6 Å². The molecular weight excluding hydrogens is 281 g/mol. The third-order valence-corrected chi connectivity index (χ3v) is 3.45. The van der Waals surface area contributed by atoms with Crippen LogP contribution in [0.15, 0.2) is 18.2 Å². The maximum Gasteiger partial charge on any atom is 0.240 e. The average molecular weight is 298 g/mol. The highest BCUT2D eigenvalue weighted by molar-refractivity contribution is 6.31. The first-order valence-electron chi connectivity index (χ1n) is 6.19. The second kappa shape index (κ2) is 6.58.